The predicted molar refractivity (Wildman–Crippen MR) is 164 cm³/mol. The summed E-state index contributed by atoms with van der Waals surface area (Å²) in [6, 6.07) is 11.9. The van der Waals surface area contributed by atoms with Gasteiger partial charge < -0.3 is 9.47 Å². The minimum absolute atomic E-state index is 0.118. The average molecular weight is 741 g/mol. The fourth-order valence-corrected chi connectivity index (χ4v) is 6.36. The van der Waals surface area contributed by atoms with E-state index >= 15 is 0 Å². The van der Waals surface area contributed by atoms with Crippen molar-refractivity contribution in [1.82, 2.24) is 4.57 Å². The molecule has 0 fully saturated rings. The molecule has 3 aromatic carbocycles. The Hall–Kier alpha value is -4.34. The van der Waals surface area contributed by atoms with E-state index in [9.17, 15) is 37.3 Å². The first-order valence-electron chi connectivity index (χ1n) is 13.2. The second kappa shape index (κ2) is 13.2. The van der Waals surface area contributed by atoms with Gasteiger partial charge in [-0.3, -0.25) is 19.5 Å². The van der Waals surface area contributed by atoms with Crippen LogP contribution in [0.3, 0.4) is 0 Å². The zero-order valence-corrected chi connectivity index (χ0v) is 26.5. The van der Waals surface area contributed by atoms with Crippen molar-refractivity contribution < 1.29 is 36.8 Å². The zero-order chi connectivity index (χ0) is 33.3. The van der Waals surface area contributed by atoms with Crippen molar-refractivity contribution in [2.75, 3.05) is 6.61 Å². The molecule has 238 valence electrons. The summed E-state index contributed by atoms with van der Waals surface area (Å²) in [5, 5.41) is 12.2. The maximum Gasteiger partial charge on any atom is 0.434 e. The molecule has 0 radical (unpaired) electrons. The van der Waals surface area contributed by atoms with Gasteiger partial charge in [0.15, 0.2) is 10.5 Å². The lowest BCUT2D eigenvalue weighted by Crippen LogP contribution is -2.41. The van der Waals surface area contributed by atoms with Crippen molar-refractivity contribution in [3.05, 3.63) is 134 Å². The van der Waals surface area contributed by atoms with E-state index in [1.807, 2.05) is 0 Å². The Morgan fingerprint density at radius 1 is 1.17 bits per heavy atom. The minimum Gasteiger partial charge on any atom is -0.481 e. The Labute approximate surface area is 274 Å². The topological polar surface area (TPSA) is 113 Å². The fourth-order valence-electron chi connectivity index (χ4n) is 4.65. The molecule has 0 spiro atoms. The molecule has 16 heteroatoms. The van der Waals surface area contributed by atoms with Crippen molar-refractivity contribution in [3.63, 3.8) is 0 Å². The summed E-state index contributed by atoms with van der Waals surface area (Å²) in [4.78, 5) is 41.4. The maximum absolute atomic E-state index is 14.3. The number of benzene rings is 3. The van der Waals surface area contributed by atoms with Crippen molar-refractivity contribution in [3.8, 4) is 5.75 Å². The maximum atomic E-state index is 14.3. The summed E-state index contributed by atoms with van der Waals surface area (Å²) in [6.07, 6.45) is -3.83. The molecular formula is C30H19BrClF4N3O6S. The number of carbonyl (C=O) groups excluding carboxylic acids is 1. The van der Waals surface area contributed by atoms with Gasteiger partial charge in [-0.25, -0.2) is 14.2 Å². The van der Waals surface area contributed by atoms with E-state index in [2.05, 4.69) is 20.9 Å². The number of thiazole rings is 1. The Morgan fingerprint density at radius 2 is 1.85 bits per heavy atom. The third-order valence-electron chi connectivity index (χ3n) is 6.62. The van der Waals surface area contributed by atoms with Crippen molar-refractivity contribution >= 4 is 56.6 Å². The summed E-state index contributed by atoms with van der Waals surface area (Å²) < 4.78 is 67.8. The Balaban J connectivity index is 1.66. The van der Waals surface area contributed by atoms with Gasteiger partial charge in [0.1, 0.15) is 12.4 Å². The molecule has 1 aliphatic heterocycles. The molecule has 4 aromatic rings. The van der Waals surface area contributed by atoms with Gasteiger partial charge in [0.05, 0.1) is 32.2 Å². The molecule has 9 nitrogen and oxygen atoms in total. The van der Waals surface area contributed by atoms with E-state index in [0.717, 1.165) is 10.6 Å². The van der Waals surface area contributed by atoms with Gasteiger partial charge in [-0.05, 0) is 76.0 Å². The number of rotatable bonds is 8. The molecule has 2 heterocycles. The second-order valence-corrected chi connectivity index (χ2v) is 11.9. The van der Waals surface area contributed by atoms with Gasteiger partial charge in [0.25, 0.3) is 5.56 Å². The normalized spacial score (nSPS) is 14.9. The van der Waals surface area contributed by atoms with Crippen LogP contribution in [0.1, 0.15) is 29.7 Å². The molecule has 1 aliphatic rings. The molecule has 1 atom stereocenters. The lowest BCUT2D eigenvalue weighted by atomic mass is 9.95. The van der Waals surface area contributed by atoms with Crippen LogP contribution in [0, 0.1) is 15.9 Å². The van der Waals surface area contributed by atoms with Crippen LogP contribution in [0.25, 0.3) is 6.08 Å². The Kier molecular flexibility index (Phi) is 9.47. The number of nitro groups is 1. The lowest BCUT2D eigenvalue weighted by molar-refractivity contribution is -0.386. The average Bonchev–Trinajstić information content (AvgIpc) is 3.30. The number of ether oxygens (including phenoxy) is 2. The van der Waals surface area contributed by atoms with Crippen molar-refractivity contribution in [2.24, 2.45) is 4.99 Å². The minimum atomic E-state index is -5.09. The van der Waals surface area contributed by atoms with Gasteiger partial charge in [-0.1, -0.05) is 47.2 Å². The standard InChI is InChI=1S/C30H19BrClF4N3O6S/c1-2-44-28(41)23-24(17-5-7-18(32)8-6-17)38-27(40)22(46-29(38)37-26(23)30(34,35)36)13-16-11-20(31)25(21(12-16)39(42)43)45-14-15-3-9-19(33)10-4-15/h3-13,24H,2,14H2,1H3/b22-13-/t24-/m0/s1. The molecule has 0 amide bonds. The number of fused-ring (bicyclic) bond motifs is 1. The lowest BCUT2D eigenvalue weighted by Gasteiger charge is -2.26. The first-order chi connectivity index (χ1) is 21.8. The molecule has 46 heavy (non-hydrogen) atoms. The predicted octanol–water partition coefficient (Wildman–Crippen LogP) is 6.38. The molecular weight excluding hydrogens is 722 g/mol. The van der Waals surface area contributed by atoms with Crippen LogP contribution in [0.5, 0.6) is 5.75 Å². The number of hydrogen-bond donors (Lipinski definition) is 0. The number of nitro benzene ring substituents is 1. The fraction of sp³-hybridized carbons (Fsp3) is 0.167. The van der Waals surface area contributed by atoms with Crippen LogP contribution >= 0.6 is 38.9 Å². The van der Waals surface area contributed by atoms with E-state index in [4.69, 9.17) is 21.1 Å². The number of esters is 1. The number of hydrogen-bond acceptors (Lipinski definition) is 8. The summed E-state index contributed by atoms with van der Waals surface area (Å²) in [5.41, 5.74) is -2.85. The third kappa shape index (κ3) is 6.76. The molecule has 0 aliphatic carbocycles. The quantitative estimate of drug-likeness (QED) is 0.0897. The molecule has 0 bridgehead atoms. The van der Waals surface area contributed by atoms with Crippen LogP contribution in [0.4, 0.5) is 23.2 Å². The van der Waals surface area contributed by atoms with E-state index in [-0.39, 0.29) is 48.9 Å². The summed E-state index contributed by atoms with van der Waals surface area (Å²) in [7, 11) is 0. The Morgan fingerprint density at radius 3 is 2.46 bits per heavy atom. The van der Waals surface area contributed by atoms with Gasteiger partial charge in [-0.2, -0.15) is 13.2 Å². The van der Waals surface area contributed by atoms with Crippen LogP contribution in [-0.4, -0.2) is 28.2 Å². The molecule has 0 saturated heterocycles. The number of allylic oxidation sites excluding steroid dienone is 1. The molecule has 0 unspecified atom stereocenters. The van der Waals surface area contributed by atoms with E-state index in [0.29, 0.717) is 16.9 Å². The molecule has 1 aromatic heterocycles. The monoisotopic (exact) mass is 739 g/mol. The summed E-state index contributed by atoms with van der Waals surface area (Å²) in [6.45, 7) is 1.07. The smallest absolute Gasteiger partial charge is 0.434 e. The highest BCUT2D eigenvalue weighted by molar-refractivity contribution is 9.10. The van der Waals surface area contributed by atoms with Gasteiger partial charge >= 0.3 is 17.8 Å². The first kappa shape index (κ1) is 33.0. The second-order valence-electron chi connectivity index (χ2n) is 9.64. The Bertz CT molecular complexity index is 2060. The SMILES string of the molecule is CCOC(=O)C1=C(C(F)(F)F)N=c2s/c(=C\c3cc(Br)c(OCc4ccc(F)cc4)c([N+](=O)[O-])c3)c(=O)n2[C@H]1c1ccc(Cl)cc1. The number of alkyl halides is 3. The highest BCUT2D eigenvalue weighted by atomic mass is 79.9. The number of halogens is 6. The van der Waals surface area contributed by atoms with E-state index in [1.54, 1.807) is 0 Å². The summed E-state index contributed by atoms with van der Waals surface area (Å²) >= 11 is 9.85. The zero-order valence-electron chi connectivity index (χ0n) is 23.3. The summed E-state index contributed by atoms with van der Waals surface area (Å²) in [5.74, 6) is -1.90. The highest BCUT2D eigenvalue weighted by Gasteiger charge is 2.45. The molecule has 0 saturated carbocycles. The van der Waals surface area contributed by atoms with Crippen molar-refractivity contribution in [2.45, 2.75) is 25.7 Å². The third-order valence-corrected chi connectivity index (χ3v) is 8.44. The molecule has 0 N–H and O–H groups in total. The van der Waals surface area contributed by atoms with Crippen LogP contribution in [0.15, 0.2) is 86.2 Å². The highest BCUT2D eigenvalue weighted by Crippen LogP contribution is 2.39. The van der Waals surface area contributed by atoms with Gasteiger partial charge in [0.2, 0.25) is 5.75 Å². The van der Waals surface area contributed by atoms with E-state index < -0.39 is 51.4 Å². The van der Waals surface area contributed by atoms with Crippen LogP contribution in [0.2, 0.25) is 5.02 Å². The van der Waals surface area contributed by atoms with Crippen LogP contribution < -0.4 is 19.6 Å². The largest absolute Gasteiger partial charge is 0.481 e. The number of nitrogens with zero attached hydrogens (tertiary/aromatic N) is 3. The van der Waals surface area contributed by atoms with Gasteiger partial charge in [0, 0.05) is 11.1 Å². The van der Waals surface area contributed by atoms with Crippen LogP contribution in [-0.2, 0) is 16.1 Å². The van der Waals surface area contributed by atoms with Gasteiger partial charge in [-0.15, -0.1) is 0 Å². The number of carbonyl (C=O) groups is 1. The number of aromatic nitrogens is 1. The molecule has 5 rings (SSSR count). The first-order valence-corrected chi connectivity index (χ1v) is 15.2. The van der Waals surface area contributed by atoms with E-state index in [1.165, 1.54) is 67.6 Å². The van der Waals surface area contributed by atoms with Crippen molar-refractivity contribution in [1.29, 1.82) is 0 Å².